The van der Waals surface area contributed by atoms with Gasteiger partial charge < -0.3 is 10.5 Å². The zero-order valence-corrected chi connectivity index (χ0v) is 10.1. The molecule has 0 atom stereocenters. The molecule has 2 N–H and O–H groups in total. The maximum atomic E-state index is 5.68. The molecule has 0 heterocycles. The number of ether oxygens (including phenoxy) is 1. The fraction of sp³-hybridized carbons (Fsp3) is 0.538. The molecule has 0 aromatic heterocycles. The molecular formula is C13H21NO. The van der Waals surface area contributed by atoms with E-state index in [1.54, 1.807) is 0 Å². The normalized spacial score (nSPS) is 10.8. The average Bonchev–Trinajstić information content (AvgIpc) is 2.17. The number of nitrogens with two attached hydrogens (primary N) is 1. The molecule has 0 unspecified atom stereocenters. The lowest BCUT2D eigenvalue weighted by atomic mass is 9.95. The van der Waals surface area contributed by atoms with Crippen molar-refractivity contribution in [2.75, 3.05) is 13.2 Å². The molecule has 0 spiro atoms. The molecule has 0 bridgehead atoms. The van der Waals surface area contributed by atoms with Crippen LogP contribution in [0.1, 0.15) is 36.5 Å². The summed E-state index contributed by atoms with van der Waals surface area (Å²) in [6.07, 6.45) is 0. The van der Waals surface area contributed by atoms with E-state index in [-0.39, 0.29) is 0 Å². The quantitative estimate of drug-likeness (QED) is 0.824. The third-order valence-electron chi connectivity index (χ3n) is 2.63. The van der Waals surface area contributed by atoms with Gasteiger partial charge in [-0.2, -0.15) is 0 Å². The van der Waals surface area contributed by atoms with Gasteiger partial charge in [-0.05, 0) is 36.5 Å². The van der Waals surface area contributed by atoms with Crippen molar-refractivity contribution in [1.82, 2.24) is 0 Å². The molecule has 1 rings (SSSR count). The highest BCUT2D eigenvalue weighted by molar-refractivity contribution is 5.46. The predicted molar refractivity (Wildman–Crippen MR) is 64.6 cm³/mol. The molecule has 0 radical (unpaired) electrons. The lowest BCUT2D eigenvalue weighted by Crippen LogP contribution is -2.12. The summed E-state index contributed by atoms with van der Waals surface area (Å²) in [7, 11) is 0. The van der Waals surface area contributed by atoms with Crippen LogP contribution in [-0.2, 0) is 0 Å². The van der Waals surface area contributed by atoms with E-state index < -0.39 is 0 Å². The number of aryl methyl sites for hydroxylation is 1. The van der Waals surface area contributed by atoms with Crippen LogP contribution in [0.25, 0.3) is 0 Å². The average molecular weight is 207 g/mol. The summed E-state index contributed by atoms with van der Waals surface area (Å²) in [5, 5.41) is 0. The Morgan fingerprint density at radius 1 is 1.27 bits per heavy atom. The molecule has 0 amide bonds. The predicted octanol–water partition coefficient (Wildman–Crippen LogP) is 2.76. The van der Waals surface area contributed by atoms with E-state index in [0.717, 1.165) is 5.75 Å². The van der Waals surface area contributed by atoms with E-state index in [1.165, 1.54) is 16.7 Å². The van der Waals surface area contributed by atoms with Crippen LogP contribution in [-0.4, -0.2) is 13.2 Å². The Balaban J connectivity index is 3.06. The second-order valence-corrected chi connectivity index (χ2v) is 4.22. The highest BCUT2D eigenvalue weighted by Gasteiger charge is 2.10. The molecule has 0 saturated carbocycles. The van der Waals surface area contributed by atoms with Gasteiger partial charge in [-0.1, -0.05) is 26.0 Å². The van der Waals surface area contributed by atoms with Gasteiger partial charge in [-0.25, -0.2) is 0 Å². The highest BCUT2D eigenvalue weighted by atomic mass is 16.5. The Labute approximate surface area is 92.4 Å². The van der Waals surface area contributed by atoms with Crippen molar-refractivity contribution in [2.24, 2.45) is 5.73 Å². The molecule has 0 fully saturated rings. The van der Waals surface area contributed by atoms with Crippen LogP contribution in [0.4, 0.5) is 0 Å². The molecule has 2 nitrogen and oxygen atoms in total. The largest absolute Gasteiger partial charge is 0.492 e. The van der Waals surface area contributed by atoms with Crippen LogP contribution in [0.2, 0.25) is 0 Å². The topological polar surface area (TPSA) is 35.2 Å². The SMILES string of the molecule is Cc1ccc(C(C)C)c(C)c1OCCN. The molecule has 0 saturated heterocycles. The van der Waals surface area contributed by atoms with Crippen LogP contribution >= 0.6 is 0 Å². The van der Waals surface area contributed by atoms with Crippen molar-refractivity contribution in [1.29, 1.82) is 0 Å². The summed E-state index contributed by atoms with van der Waals surface area (Å²) >= 11 is 0. The van der Waals surface area contributed by atoms with Crippen LogP contribution in [0.5, 0.6) is 5.75 Å². The Bertz CT molecular complexity index is 332. The molecule has 1 aromatic rings. The molecular weight excluding hydrogens is 186 g/mol. The van der Waals surface area contributed by atoms with Gasteiger partial charge in [0.2, 0.25) is 0 Å². The van der Waals surface area contributed by atoms with Gasteiger partial charge in [0.25, 0.3) is 0 Å². The number of hydrogen-bond acceptors (Lipinski definition) is 2. The molecule has 0 aliphatic rings. The van der Waals surface area contributed by atoms with Crippen LogP contribution in [0, 0.1) is 13.8 Å². The van der Waals surface area contributed by atoms with E-state index in [1.807, 2.05) is 0 Å². The third kappa shape index (κ3) is 2.72. The van der Waals surface area contributed by atoms with Gasteiger partial charge in [0, 0.05) is 6.54 Å². The highest BCUT2D eigenvalue weighted by Crippen LogP contribution is 2.30. The van der Waals surface area contributed by atoms with Crippen molar-refractivity contribution in [2.45, 2.75) is 33.6 Å². The van der Waals surface area contributed by atoms with Gasteiger partial charge in [-0.3, -0.25) is 0 Å². The van der Waals surface area contributed by atoms with Gasteiger partial charge in [-0.15, -0.1) is 0 Å². The van der Waals surface area contributed by atoms with E-state index in [2.05, 4.69) is 39.8 Å². The van der Waals surface area contributed by atoms with E-state index in [9.17, 15) is 0 Å². The number of rotatable bonds is 4. The summed E-state index contributed by atoms with van der Waals surface area (Å²) in [6, 6.07) is 4.30. The molecule has 15 heavy (non-hydrogen) atoms. The number of benzene rings is 1. The van der Waals surface area contributed by atoms with Gasteiger partial charge in [0.1, 0.15) is 12.4 Å². The fourth-order valence-electron chi connectivity index (χ4n) is 1.85. The summed E-state index contributed by atoms with van der Waals surface area (Å²) in [5.41, 5.74) is 9.24. The van der Waals surface area contributed by atoms with Gasteiger partial charge in [0.05, 0.1) is 0 Å². The Hall–Kier alpha value is -1.02. The van der Waals surface area contributed by atoms with E-state index in [4.69, 9.17) is 10.5 Å². The zero-order chi connectivity index (χ0) is 11.4. The van der Waals surface area contributed by atoms with Crippen molar-refractivity contribution in [3.05, 3.63) is 28.8 Å². The first kappa shape index (κ1) is 12.1. The monoisotopic (exact) mass is 207 g/mol. The smallest absolute Gasteiger partial charge is 0.125 e. The summed E-state index contributed by atoms with van der Waals surface area (Å²) < 4.78 is 5.68. The summed E-state index contributed by atoms with van der Waals surface area (Å²) in [5.74, 6) is 1.54. The zero-order valence-electron chi connectivity index (χ0n) is 10.1. The summed E-state index contributed by atoms with van der Waals surface area (Å²) in [6.45, 7) is 9.74. The third-order valence-corrected chi connectivity index (χ3v) is 2.63. The maximum Gasteiger partial charge on any atom is 0.125 e. The minimum Gasteiger partial charge on any atom is -0.492 e. The lowest BCUT2D eigenvalue weighted by molar-refractivity contribution is 0.323. The number of hydrogen-bond donors (Lipinski definition) is 1. The second kappa shape index (κ2) is 5.17. The van der Waals surface area contributed by atoms with Crippen molar-refractivity contribution >= 4 is 0 Å². The van der Waals surface area contributed by atoms with Crippen LogP contribution < -0.4 is 10.5 Å². The Kier molecular flexibility index (Phi) is 4.15. The molecule has 84 valence electrons. The molecule has 0 aliphatic carbocycles. The molecule has 0 aliphatic heterocycles. The Morgan fingerprint density at radius 3 is 2.47 bits per heavy atom. The van der Waals surface area contributed by atoms with E-state index in [0.29, 0.717) is 19.1 Å². The standard InChI is InChI=1S/C13H21NO/c1-9(2)12-6-5-10(3)13(11(12)4)15-8-7-14/h5-6,9H,7-8,14H2,1-4H3. The Morgan fingerprint density at radius 2 is 1.93 bits per heavy atom. The van der Waals surface area contributed by atoms with Gasteiger partial charge in [0.15, 0.2) is 0 Å². The second-order valence-electron chi connectivity index (χ2n) is 4.22. The lowest BCUT2D eigenvalue weighted by Gasteiger charge is -2.16. The van der Waals surface area contributed by atoms with Crippen molar-refractivity contribution in [3.8, 4) is 5.75 Å². The van der Waals surface area contributed by atoms with Crippen molar-refractivity contribution in [3.63, 3.8) is 0 Å². The molecule has 1 aromatic carbocycles. The van der Waals surface area contributed by atoms with Crippen LogP contribution in [0.3, 0.4) is 0 Å². The van der Waals surface area contributed by atoms with Crippen molar-refractivity contribution < 1.29 is 4.74 Å². The first-order chi connectivity index (χ1) is 7.07. The minimum absolute atomic E-state index is 0.533. The maximum absolute atomic E-state index is 5.68. The van der Waals surface area contributed by atoms with Gasteiger partial charge >= 0.3 is 0 Å². The van der Waals surface area contributed by atoms with Crippen LogP contribution in [0.15, 0.2) is 12.1 Å². The first-order valence-electron chi connectivity index (χ1n) is 5.51. The first-order valence-corrected chi connectivity index (χ1v) is 5.51. The fourth-order valence-corrected chi connectivity index (χ4v) is 1.85. The summed E-state index contributed by atoms with van der Waals surface area (Å²) in [4.78, 5) is 0. The van der Waals surface area contributed by atoms with E-state index >= 15 is 0 Å². The minimum atomic E-state index is 0.533. The molecule has 2 heteroatoms.